The van der Waals surface area contributed by atoms with Crippen molar-refractivity contribution in [2.75, 3.05) is 37.9 Å². The molecular weight excluding hydrogens is 477 g/mol. The molecule has 2 aromatic rings. The lowest BCUT2D eigenvalue weighted by molar-refractivity contribution is 0.0694. The maximum atomic E-state index is 14.9. The van der Waals surface area contributed by atoms with Crippen molar-refractivity contribution < 1.29 is 37.6 Å². The first-order chi connectivity index (χ1) is 15.4. The van der Waals surface area contributed by atoms with Crippen LogP contribution < -0.4 is 16.1 Å². The van der Waals surface area contributed by atoms with E-state index in [-0.39, 0.29) is 39.9 Å². The standard InChI is InChI=1S/C18H20FN5O4.CH4O3S.H2O/c1-28-22-14-8-23(6-9(14)5-20)17-13(19)4-11-15(25)12(18(26)27)7-24(10-2-3-10)16(11)21-17;1-5(2,3)4;/h4,7,9-10H,2-3,5-6,8,20H2,1H3,(H,26,27);1H3,(H,2,3,4);1H2/t9-;;/m0../s1. The van der Waals surface area contributed by atoms with Crippen LogP contribution in [0.15, 0.2) is 22.2 Å². The molecule has 2 aromatic heterocycles. The molecule has 0 radical (unpaired) electrons. The molecule has 1 atom stereocenters. The number of oxime groups is 1. The Morgan fingerprint density at radius 1 is 1.41 bits per heavy atom. The number of fused-ring (bicyclic) bond motifs is 1. The van der Waals surface area contributed by atoms with Crippen molar-refractivity contribution >= 4 is 38.7 Å². The van der Waals surface area contributed by atoms with Gasteiger partial charge in [-0.3, -0.25) is 9.35 Å². The number of carboxylic acids is 1. The van der Waals surface area contributed by atoms with E-state index in [2.05, 4.69) is 10.1 Å². The van der Waals surface area contributed by atoms with Crippen LogP contribution >= 0.6 is 0 Å². The van der Waals surface area contributed by atoms with Gasteiger partial charge in [-0.25, -0.2) is 14.2 Å². The van der Waals surface area contributed by atoms with Gasteiger partial charge in [0, 0.05) is 31.2 Å². The van der Waals surface area contributed by atoms with E-state index in [0.717, 1.165) is 18.9 Å². The van der Waals surface area contributed by atoms with Crippen LogP contribution in [0.2, 0.25) is 0 Å². The number of hydrogen-bond acceptors (Lipinski definition) is 9. The fourth-order valence-corrected chi connectivity index (χ4v) is 3.60. The van der Waals surface area contributed by atoms with E-state index in [4.69, 9.17) is 15.1 Å². The average Bonchev–Trinajstić information content (AvgIpc) is 3.47. The monoisotopic (exact) mass is 503 g/mol. The predicted octanol–water partition coefficient (Wildman–Crippen LogP) is -0.355. The zero-order chi connectivity index (χ0) is 24.5. The third-order valence-electron chi connectivity index (χ3n) is 5.17. The topological polar surface area (TPSA) is 209 Å². The Hall–Kier alpha value is -3.14. The van der Waals surface area contributed by atoms with Crippen LogP contribution in [0.4, 0.5) is 10.2 Å². The molecule has 15 heteroatoms. The number of hydrogen-bond donors (Lipinski definition) is 3. The van der Waals surface area contributed by atoms with Gasteiger partial charge in [0.2, 0.25) is 5.43 Å². The molecule has 2 fully saturated rings. The molecule has 188 valence electrons. The second-order valence-electron chi connectivity index (χ2n) is 7.79. The van der Waals surface area contributed by atoms with E-state index in [0.29, 0.717) is 31.6 Å². The minimum absolute atomic E-state index is 0. The summed E-state index contributed by atoms with van der Waals surface area (Å²) in [5.74, 6) is -2.03. The van der Waals surface area contributed by atoms with Crippen molar-refractivity contribution in [3.05, 3.63) is 33.9 Å². The van der Waals surface area contributed by atoms with Gasteiger partial charge in [0.25, 0.3) is 10.1 Å². The molecule has 0 bridgehead atoms. The summed E-state index contributed by atoms with van der Waals surface area (Å²) in [6.07, 6.45) is 3.74. The van der Waals surface area contributed by atoms with Gasteiger partial charge in [-0.05, 0) is 18.9 Å². The summed E-state index contributed by atoms with van der Waals surface area (Å²) in [7, 11) is -2.23. The number of anilines is 1. The Labute approximate surface area is 193 Å². The van der Waals surface area contributed by atoms with E-state index in [1.165, 1.54) is 13.3 Å². The summed E-state index contributed by atoms with van der Waals surface area (Å²) in [4.78, 5) is 34.9. The van der Waals surface area contributed by atoms with Gasteiger partial charge in [-0.1, -0.05) is 5.16 Å². The third-order valence-corrected chi connectivity index (χ3v) is 5.17. The third kappa shape index (κ3) is 6.05. The SMILES string of the molecule is CON=C1CN(c2nc3c(cc2F)c(=O)c(C(=O)O)cn3C2CC2)C[C@@H]1CN.CS(=O)(=O)O.O. The number of aromatic nitrogens is 2. The van der Waals surface area contributed by atoms with Crippen molar-refractivity contribution in [3.8, 4) is 0 Å². The molecule has 0 aromatic carbocycles. The lowest BCUT2D eigenvalue weighted by atomic mass is 10.1. The maximum Gasteiger partial charge on any atom is 0.341 e. The second-order valence-corrected chi connectivity index (χ2v) is 9.26. The van der Waals surface area contributed by atoms with Gasteiger partial charge in [-0.15, -0.1) is 0 Å². The van der Waals surface area contributed by atoms with Gasteiger partial charge in [-0.2, -0.15) is 8.42 Å². The smallest absolute Gasteiger partial charge is 0.341 e. The normalized spacial score (nSPS) is 18.9. The molecule has 1 saturated carbocycles. The van der Waals surface area contributed by atoms with Crippen LogP contribution in [0.3, 0.4) is 0 Å². The molecule has 3 heterocycles. The minimum Gasteiger partial charge on any atom is -0.477 e. The van der Waals surface area contributed by atoms with Crippen molar-refractivity contribution in [1.29, 1.82) is 0 Å². The van der Waals surface area contributed by atoms with Gasteiger partial charge in [0.05, 0.1) is 23.9 Å². The molecule has 1 saturated heterocycles. The first-order valence-electron chi connectivity index (χ1n) is 9.90. The fourth-order valence-electron chi connectivity index (χ4n) is 3.60. The number of carboxylic acid groups (broad SMARTS) is 1. The summed E-state index contributed by atoms with van der Waals surface area (Å²) in [5.41, 5.74) is 5.65. The number of nitrogens with two attached hydrogens (primary N) is 1. The lowest BCUT2D eigenvalue weighted by Crippen LogP contribution is -2.26. The van der Waals surface area contributed by atoms with Crippen LogP contribution in [0, 0.1) is 11.7 Å². The molecule has 1 aliphatic heterocycles. The van der Waals surface area contributed by atoms with Crippen molar-refractivity contribution in [2.24, 2.45) is 16.8 Å². The molecule has 0 spiro atoms. The van der Waals surface area contributed by atoms with E-state index in [9.17, 15) is 27.5 Å². The zero-order valence-electron chi connectivity index (χ0n) is 18.4. The highest BCUT2D eigenvalue weighted by Gasteiger charge is 2.33. The Balaban J connectivity index is 0.000000619. The molecular formula is C19H26FN5O8S. The van der Waals surface area contributed by atoms with Crippen molar-refractivity contribution in [1.82, 2.24) is 9.55 Å². The molecule has 34 heavy (non-hydrogen) atoms. The predicted molar refractivity (Wildman–Crippen MR) is 121 cm³/mol. The molecule has 2 aliphatic rings. The molecule has 13 nitrogen and oxygen atoms in total. The summed E-state index contributed by atoms with van der Waals surface area (Å²) < 4.78 is 42.4. The van der Waals surface area contributed by atoms with Gasteiger partial charge < -0.3 is 30.6 Å². The van der Waals surface area contributed by atoms with Gasteiger partial charge in [0.15, 0.2) is 11.6 Å². The zero-order valence-corrected chi connectivity index (χ0v) is 19.2. The van der Waals surface area contributed by atoms with Crippen molar-refractivity contribution in [2.45, 2.75) is 18.9 Å². The highest BCUT2D eigenvalue weighted by molar-refractivity contribution is 7.85. The second kappa shape index (κ2) is 10.4. The maximum absolute atomic E-state index is 14.9. The summed E-state index contributed by atoms with van der Waals surface area (Å²) in [6.45, 7) is 1.07. The molecule has 6 N–H and O–H groups in total. The van der Waals surface area contributed by atoms with Gasteiger partial charge >= 0.3 is 5.97 Å². The number of nitrogens with zero attached hydrogens (tertiary/aromatic N) is 4. The number of carbonyl (C=O) groups is 1. The quantitative estimate of drug-likeness (QED) is 0.356. The van der Waals surface area contributed by atoms with Crippen LogP contribution in [-0.4, -0.2) is 77.8 Å². The molecule has 1 aliphatic carbocycles. The van der Waals surface area contributed by atoms with E-state index in [1.807, 2.05) is 0 Å². The van der Waals surface area contributed by atoms with Gasteiger partial charge in [0.1, 0.15) is 18.3 Å². The largest absolute Gasteiger partial charge is 0.477 e. The minimum atomic E-state index is -3.67. The Bertz CT molecular complexity index is 1270. The number of aromatic carboxylic acids is 1. The molecule has 0 amide bonds. The Morgan fingerprint density at radius 3 is 2.53 bits per heavy atom. The van der Waals surface area contributed by atoms with E-state index in [1.54, 1.807) is 9.47 Å². The van der Waals surface area contributed by atoms with Crippen LogP contribution in [0.25, 0.3) is 11.0 Å². The highest BCUT2D eigenvalue weighted by atomic mass is 32.2. The summed E-state index contributed by atoms with van der Waals surface area (Å²) in [6, 6.07) is 1.14. The number of pyridine rings is 2. The Morgan fingerprint density at radius 2 is 2.03 bits per heavy atom. The average molecular weight is 504 g/mol. The number of halogens is 1. The van der Waals surface area contributed by atoms with Crippen molar-refractivity contribution in [3.63, 3.8) is 0 Å². The first-order valence-corrected chi connectivity index (χ1v) is 11.8. The molecule has 4 rings (SSSR count). The summed E-state index contributed by atoms with van der Waals surface area (Å²) in [5, 5.41) is 13.2. The lowest BCUT2D eigenvalue weighted by Gasteiger charge is -2.19. The van der Waals surface area contributed by atoms with E-state index >= 15 is 0 Å². The highest BCUT2D eigenvalue weighted by Crippen LogP contribution is 2.37. The van der Waals surface area contributed by atoms with Crippen LogP contribution in [0.1, 0.15) is 29.2 Å². The van der Waals surface area contributed by atoms with Crippen LogP contribution in [0.5, 0.6) is 0 Å². The van der Waals surface area contributed by atoms with Crippen LogP contribution in [-0.2, 0) is 15.0 Å². The Kier molecular flexibility index (Phi) is 8.31. The fraction of sp³-hybridized carbons (Fsp3) is 0.474. The van der Waals surface area contributed by atoms with E-state index < -0.39 is 27.3 Å². The number of rotatable bonds is 5. The summed E-state index contributed by atoms with van der Waals surface area (Å²) >= 11 is 0. The first kappa shape index (κ1) is 27.1. The molecule has 0 unspecified atom stereocenters.